The van der Waals surface area contributed by atoms with Crippen LogP contribution in [0, 0.1) is 34.9 Å². The Bertz CT molecular complexity index is 1890. The van der Waals surface area contributed by atoms with Gasteiger partial charge in [-0.1, -0.05) is 37.6 Å². The molecule has 0 aliphatic rings. The van der Waals surface area contributed by atoms with E-state index in [1.54, 1.807) is 6.92 Å². The molecule has 0 radical (unpaired) electrons. The van der Waals surface area contributed by atoms with Crippen LogP contribution in [0.15, 0.2) is 72.8 Å². The van der Waals surface area contributed by atoms with Crippen molar-refractivity contribution in [3.05, 3.63) is 124 Å². The molecule has 45 heavy (non-hydrogen) atoms. The van der Waals surface area contributed by atoms with E-state index in [9.17, 15) is 39.5 Å². The lowest BCUT2D eigenvalue weighted by atomic mass is 9.96. The standard InChI is InChI=1S/C33H19F11O/c1-2-3-17-6-11-23(31(39)29(17)37)33(43,44)45-21-8-4-16(5-9-21)19-13-24(34)27(25(35)14-19)20-12-18-7-10-22(32(40,41)42)30(38)28(18)26(36)15-20/h4-15H,2-3H2,1H3. The van der Waals surface area contributed by atoms with Crippen LogP contribution in [-0.4, -0.2) is 0 Å². The van der Waals surface area contributed by atoms with Gasteiger partial charge in [0.05, 0.1) is 16.5 Å². The SMILES string of the molecule is CCCc1ccc(C(F)(F)Oc2ccc(-c3cc(F)c(-c4cc(F)c5c(F)c(C(F)(F)F)ccc5c4)c(F)c3)cc2)c(F)c1F. The van der Waals surface area contributed by atoms with Gasteiger partial charge in [-0.25, -0.2) is 26.3 Å². The molecule has 0 bridgehead atoms. The fourth-order valence-corrected chi connectivity index (χ4v) is 4.95. The molecule has 5 rings (SSSR count). The summed E-state index contributed by atoms with van der Waals surface area (Å²) in [6.45, 7) is 1.71. The number of alkyl halides is 5. The van der Waals surface area contributed by atoms with Gasteiger partial charge >= 0.3 is 12.3 Å². The van der Waals surface area contributed by atoms with Crippen LogP contribution in [0.2, 0.25) is 0 Å². The Balaban J connectivity index is 1.42. The molecule has 234 valence electrons. The number of ether oxygens (including phenoxy) is 1. The molecule has 0 atom stereocenters. The van der Waals surface area contributed by atoms with Crippen molar-refractivity contribution >= 4 is 10.8 Å². The zero-order valence-corrected chi connectivity index (χ0v) is 22.9. The van der Waals surface area contributed by atoms with Crippen molar-refractivity contribution in [3.63, 3.8) is 0 Å². The van der Waals surface area contributed by atoms with E-state index in [2.05, 4.69) is 4.74 Å². The van der Waals surface area contributed by atoms with Crippen LogP contribution < -0.4 is 4.74 Å². The fraction of sp³-hybridized carbons (Fsp3) is 0.152. The van der Waals surface area contributed by atoms with Crippen LogP contribution in [0.5, 0.6) is 5.75 Å². The highest BCUT2D eigenvalue weighted by Gasteiger charge is 2.39. The van der Waals surface area contributed by atoms with Gasteiger partial charge in [0.1, 0.15) is 34.6 Å². The van der Waals surface area contributed by atoms with Gasteiger partial charge in [0.15, 0.2) is 11.6 Å². The number of rotatable bonds is 7. The number of aryl methyl sites for hydroxylation is 1. The van der Waals surface area contributed by atoms with Crippen LogP contribution in [-0.2, 0) is 18.7 Å². The Morgan fingerprint density at radius 1 is 0.578 bits per heavy atom. The summed E-state index contributed by atoms with van der Waals surface area (Å²) in [5, 5.41) is -1.37. The maximum absolute atomic E-state index is 15.2. The first-order valence-corrected chi connectivity index (χ1v) is 13.2. The number of halogens is 11. The van der Waals surface area contributed by atoms with Crippen LogP contribution in [0.3, 0.4) is 0 Å². The molecule has 12 heteroatoms. The minimum absolute atomic E-state index is 0.0662. The van der Waals surface area contributed by atoms with Gasteiger partial charge in [-0.2, -0.15) is 22.0 Å². The second-order valence-electron chi connectivity index (χ2n) is 10.1. The second kappa shape index (κ2) is 11.7. The summed E-state index contributed by atoms with van der Waals surface area (Å²) < 4.78 is 161. The van der Waals surface area contributed by atoms with Crippen LogP contribution >= 0.6 is 0 Å². The van der Waals surface area contributed by atoms with E-state index < -0.39 is 80.6 Å². The lowest BCUT2D eigenvalue weighted by Gasteiger charge is -2.20. The summed E-state index contributed by atoms with van der Waals surface area (Å²) in [6, 6.07) is 10.4. The lowest BCUT2D eigenvalue weighted by molar-refractivity contribution is -0.187. The van der Waals surface area contributed by atoms with E-state index in [0.29, 0.717) is 18.6 Å². The van der Waals surface area contributed by atoms with Crippen molar-refractivity contribution in [2.24, 2.45) is 0 Å². The third-order valence-electron chi connectivity index (χ3n) is 7.07. The quantitative estimate of drug-likeness (QED) is 0.161. The molecule has 0 saturated heterocycles. The van der Waals surface area contributed by atoms with Crippen LogP contribution in [0.1, 0.15) is 30.0 Å². The van der Waals surface area contributed by atoms with Gasteiger partial charge in [-0.15, -0.1) is 0 Å². The van der Waals surface area contributed by atoms with E-state index in [1.807, 2.05) is 0 Å². The largest absolute Gasteiger partial charge is 0.429 e. The smallest absolute Gasteiger partial charge is 0.429 e. The second-order valence-corrected chi connectivity index (χ2v) is 10.1. The maximum atomic E-state index is 15.2. The zero-order valence-electron chi connectivity index (χ0n) is 22.9. The first-order valence-electron chi connectivity index (χ1n) is 13.2. The van der Waals surface area contributed by atoms with Crippen LogP contribution in [0.4, 0.5) is 48.3 Å². The molecule has 0 aliphatic carbocycles. The summed E-state index contributed by atoms with van der Waals surface area (Å²) in [5.41, 5.74) is -4.24. The van der Waals surface area contributed by atoms with Crippen molar-refractivity contribution in [1.29, 1.82) is 0 Å². The summed E-state index contributed by atoms with van der Waals surface area (Å²) in [6.07, 6.45) is -8.77. The Labute approximate surface area is 248 Å². The first kappa shape index (κ1) is 31.8. The summed E-state index contributed by atoms with van der Waals surface area (Å²) in [4.78, 5) is 0. The normalized spacial score (nSPS) is 12.2. The molecule has 0 saturated carbocycles. The number of hydrogen-bond donors (Lipinski definition) is 0. The third-order valence-corrected chi connectivity index (χ3v) is 7.07. The molecule has 0 spiro atoms. The monoisotopic (exact) mass is 640 g/mol. The molecule has 0 heterocycles. The molecule has 5 aromatic rings. The Morgan fingerprint density at radius 3 is 1.78 bits per heavy atom. The highest BCUT2D eigenvalue weighted by molar-refractivity contribution is 5.89. The minimum Gasteiger partial charge on any atom is -0.429 e. The van der Waals surface area contributed by atoms with Gasteiger partial charge in [-0.3, -0.25) is 0 Å². The first-order chi connectivity index (χ1) is 21.1. The van der Waals surface area contributed by atoms with Crippen molar-refractivity contribution in [1.82, 2.24) is 0 Å². The van der Waals surface area contributed by atoms with Crippen molar-refractivity contribution in [2.45, 2.75) is 32.1 Å². The molecule has 0 unspecified atom stereocenters. The van der Waals surface area contributed by atoms with E-state index in [-0.39, 0.29) is 28.5 Å². The van der Waals surface area contributed by atoms with E-state index >= 15 is 8.78 Å². The van der Waals surface area contributed by atoms with Gasteiger partial charge in [0, 0.05) is 0 Å². The van der Waals surface area contributed by atoms with Crippen molar-refractivity contribution in [2.75, 3.05) is 0 Å². The molecule has 5 aromatic carbocycles. The van der Waals surface area contributed by atoms with Gasteiger partial charge in [-0.05, 0) is 82.6 Å². The summed E-state index contributed by atoms with van der Waals surface area (Å²) in [5.74, 6) is -9.41. The molecule has 0 N–H and O–H groups in total. The topological polar surface area (TPSA) is 9.23 Å². The Hall–Kier alpha value is -4.61. The Morgan fingerprint density at radius 2 is 1.18 bits per heavy atom. The number of hydrogen-bond acceptors (Lipinski definition) is 1. The summed E-state index contributed by atoms with van der Waals surface area (Å²) >= 11 is 0. The molecule has 0 aromatic heterocycles. The van der Waals surface area contributed by atoms with Crippen molar-refractivity contribution < 1.29 is 53.0 Å². The lowest BCUT2D eigenvalue weighted by Crippen LogP contribution is -2.24. The average molecular weight is 640 g/mol. The molecular weight excluding hydrogens is 621 g/mol. The number of fused-ring (bicyclic) bond motifs is 1. The highest BCUT2D eigenvalue weighted by Crippen LogP contribution is 2.39. The minimum atomic E-state index is -5.10. The zero-order chi connectivity index (χ0) is 32.8. The van der Waals surface area contributed by atoms with Gasteiger partial charge in [0.25, 0.3) is 0 Å². The average Bonchev–Trinajstić information content (AvgIpc) is 2.94. The summed E-state index contributed by atoms with van der Waals surface area (Å²) in [7, 11) is 0. The molecule has 0 amide bonds. The Kier molecular flexibility index (Phi) is 8.28. The van der Waals surface area contributed by atoms with E-state index in [4.69, 9.17) is 0 Å². The number of benzene rings is 5. The van der Waals surface area contributed by atoms with Crippen LogP contribution in [0.25, 0.3) is 33.0 Å². The maximum Gasteiger partial charge on any atom is 0.429 e. The van der Waals surface area contributed by atoms with Gasteiger partial charge < -0.3 is 4.74 Å². The highest BCUT2D eigenvalue weighted by atomic mass is 19.4. The molecule has 1 nitrogen and oxygen atoms in total. The van der Waals surface area contributed by atoms with E-state index in [0.717, 1.165) is 60.7 Å². The predicted molar refractivity (Wildman–Crippen MR) is 145 cm³/mol. The third kappa shape index (κ3) is 6.05. The van der Waals surface area contributed by atoms with Crippen molar-refractivity contribution in [3.8, 4) is 28.0 Å². The fourth-order valence-electron chi connectivity index (χ4n) is 4.95. The molecule has 0 aliphatic heterocycles. The van der Waals surface area contributed by atoms with Gasteiger partial charge in [0.2, 0.25) is 0 Å². The molecular formula is C33H19F11O. The molecule has 0 fully saturated rings. The predicted octanol–water partition coefficient (Wildman–Crippen LogP) is 11.1. The van der Waals surface area contributed by atoms with E-state index in [1.165, 1.54) is 0 Å².